The quantitative estimate of drug-likeness (QED) is 0.673. The van der Waals surface area contributed by atoms with Gasteiger partial charge in [-0.1, -0.05) is 12.1 Å². The Kier molecular flexibility index (Phi) is 4.31. The van der Waals surface area contributed by atoms with E-state index in [2.05, 4.69) is 23.6 Å². The van der Waals surface area contributed by atoms with Crippen LogP contribution in [0.3, 0.4) is 0 Å². The van der Waals surface area contributed by atoms with Crippen molar-refractivity contribution in [2.24, 2.45) is 5.84 Å². The van der Waals surface area contributed by atoms with Crippen LogP contribution in [0.4, 0.5) is 0 Å². The molecule has 0 spiro atoms. The molecule has 3 N–H and O–H groups in total. The molecule has 0 saturated heterocycles. The number of ether oxygens (including phenoxy) is 1. The number of rotatable bonds is 4. The molecular weight excluding hydrogens is 288 g/mol. The van der Waals surface area contributed by atoms with Gasteiger partial charge in [-0.25, -0.2) is 5.43 Å². The van der Waals surface area contributed by atoms with Gasteiger partial charge in [0.25, 0.3) is 0 Å². The van der Waals surface area contributed by atoms with E-state index in [-0.39, 0.29) is 6.04 Å². The maximum atomic E-state index is 5.79. The lowest BCUT2D eigenvalue weighted by Gasteiger charge is -2.15. The summed E-state index contributed by atoms with van der Waals surface area (Å²) in [4.78, 5) is 2.82. The lowest BCUT2D eigenvalue weighted by molar-refractivity contribution is 0.414. The first-order valence-electron chi connectivity index (χ1n) is 6.61. The van der Waals surface area contributed by atoms with E-state index in [1.165, 1.54) is 33.1 Å². The summed E-state index contributed by atoms with van der Waals surface area (Å²) in [7, 11) is 1.68. The molecular formula is C15H18N2OS2. The number of methoxy groups -OCH3 is 1. The minimum Gasteiger partial charge on any atom is -0.497 e. The van der Waals surface area contributed by atoms with Crippen LogP contribution >= 0.6 is 23.1 Å². The summed E-state index contributed by atoms with van der Waals surface area (Å²) in [6, 6.07) is 10.4. The van der Waals surface area contributed by atoms with Crippen LogP contribution < -0.4 is 16.0 Å². The smallest absolute Gasteiger partial charge is 0.118 e. The zero-order valence-electron chi connectivity index (χ0n) is 11.4. The lowest BCUT2D eigenvalue weighted by atomic mass is 10.0. The largest absolute Gasteiger partial charge is 0.497 e. The summed E-state index contributed by atoms with van der Waals surface area (Å²) in [5.74, 6) is 9.02. The number of hydrogen-bond acceptors (Lipinski definition) is 5. The molecule has 3 rings (SSSR count). The van der Waals surface area contributed by atoms with Gasteiger partial charge in [-0.15, -0.1) is 11.3 Å². The Bertz CT molecular complexity index is 557. The Morgan fingerprint density at radius 2 is 2.10 bits per heavy atom. The van der Waals surface area contributed by atoms with Crippen molar-refractivity contribution in [1.82, 2.24) is 5.43 Å². The Balaban J connectivity index is 1.90. The standard InChI is InChI=1S/C15H18N2OS2/c1-18-12-4-2-10(3-5-12)15(17-16)14-8-11-9-19-7-6-13(11)20-14/h2-5,8,15,17H,6-7,9,16H2,1H3. The summed E-state index contributed by atoms with van der Waals surface area (Å²) in [6.45, 7) is 0. The highest BCUT2D eigenvalue weighted by molar-refractivity contribution is 7.98. The first kappa shape index (κ1) is 13.9. The fraction of sp³-hybridized carbons (Fsp3) is 0.333. The summed E-state index contributed by atoms with van der Waals surface area (Å²) in [6.07, 6.45) is 1.19. The minimum absolute atomic E-state index is 0.0570. The van der Waals surface area contributed by atoms with Crippen LogP contribution in [-0.4, -0.2) is 12.9 Å². The maximum Gasteiger partial charge on any atom is 0.118 e. The van der Waals surface area contributed by atoms with Crippen molar-refractivity contribution in [3.8, 4) is 5.75 Å². The lowest BCUT2D eigenvalue weighted by Crippen LogP contribution is -2.28. The number of benzene rings is 1. The molecule has 2 aromatic rings. The van der Waals surface area contributed by atoms with Gasteiger partial charge in [0.1, 0.15) is 5.75 Å². The summed E-state index contributed by atoms with van der Waals surface area (Å²) >= 11 is 3.90. The fourth-order valence-corrected chi connectivity index (χ4v) is 4.92. The van der Waals surface area contributed by atoms with E-state index < -0.39 is 0 Å². The van der Waals surface area contributed by atoms with E-state index in [0.717, 1.165) is 11.5 Å². The van der Waals surface area contributed by atoms with Gasteiger partial charge < -0.3 is 4.74 Å². The maximum absolute atomic E-state index is 5.79. The molecule has 0 fully saturated rings. The molecule has 0 aliphatic carbocycles. The fourth-order valence-electron chi connectivity index (χ4n) is 2.45. The van der Waals surface area contributed by atoms with Crippen molar-refractivity contribution in [2.75, 3.05) is 12.9 Å². The second-order valence-corrected chi connectivity index (χ2v) is 7.05. The number of thiophene rings is 1. The van der Waals surface area contributed by atoms with Crippen LogP contribution in [0, 0.1) is 0 Å². The predicted molar refractivity (Wildman–Crippen MR) is 86.3 cm³/mol. The summed E-state index contributed by atoms with van der Waals surface area (Å²) in [5, 5.41) is 0. The van der Waals surface area contributed by atoms with Gasteiger partial charge in [0.05, 0.1) is 13.2 Å². The third-order valence-electron chi connectivity index (χ3n) is 3.55. The van der Waals surface area contributed by atoms with E-state index >= 15 is 0 Å². The molecule has 1 aliphatic rings. The number of fused-ring (bicyclic) bond motifs is 1. The zero-order valence-corrected chi connectivity index (χ0v) is 13.0. The van der Waals surface area contributed by atoms with Crippen molar-refractivity contribution >= 4 is 23.1 Å². The topological polar surface area (TPSA) is 47.3 Å². The Labute approximate surface area is 127 Å². The van der Waals surface area contributed by atoms with Crippen molar-refractivity contribution in [3.63, 3.8) is 0 Å². The highest BCUT2D eigenvalue weighted by Gasteiger charge is 2.20. The first-order chi connectivity index (χ1) is 9.81. The molecule has 0 saturated carbocycles. The average Bonchev–Trinajstić information content (AvgIpc) is 2.92. The van der Waals surface area contributed by atoms with Gasteiger partial charge in [-0.05, 0) is 41.5 Å². The molecule has 20 heavy (non-hydrogen) atoms. The number of hydrogen-bond donors (Lipinski definition) is 2. The van der Waals surface area contributed by atoms with Crippen molar-refractivity contribution in [2.45, 2.75) is 18.2 Å². The van der Waals surface area contributed by atoms with Crippen LogP contribution in [0.25, 0.3) is 0 Å². The molecule has 3 nitrogen and oxygen atoms in total. The Hall–Kier alpha value is -1.01. The van der Waals surface area contributed by atoms with Gasteiger partial charge in [0, 0.05) is 15.5 Å². The van der Waals surface area contributed by atoms with Crippen LogP contribution in [0.15, 0.2) is 30.3 Å². The second-order valence-electron chi connectivity index (χ2n) is 4.77. The Morgan fingerprint density at radius 3 is 2.75 bits per heavy atom. The molecule has 1 aromatic carbocycles. The van der Waals surface area contributed by atoms with Gasteiger partial charge in [0.2, 0.25) is 0 Å². The van der Waals surface area contributed by atoms with Crippen LogP contribution in [0.5, 0.6) is 5.75 Å². The third-order valence-corrected chi connectivity index (χ3v) is 5.86. The van der Waals surface area contributed by atoms with E-state index in [1.54, 1.807) is 7.11 Å². The van der Waals surface area contributed by atoms with Crippen molar-refractivity contribution in [3.05, 3.63) is 51.2 Å². The van der Waals surface area contributed by atoms with Gasteiger partial charge in [-0.2, -0.15) is 11.8 Å². The Morgan fingerprint density at radius 1 is 1.30 bits per heavy atom. The molecule has 1 unspecified atom stereocenters. The van der Waals surface area contributed by atoms with Crippen LogP contribution in [0.1, 0.15) is 26.9 Å². The molecule has 0 amide bonds. The highest BCUT2D eigenvalue weighted by Crippen LogP contribution is 2.36. The van der Waals surface area contributed by atoms with E-state index in [0.29, 0.717) is 0 Å². The second kappa shape index (κ2) is 6.18. The predicted octanol–water partition coefficient (Wildman–Crippen LogP) is 3.10. The van der Waals surface area contributed by atoms with E-state index in [4.69, 9.17) is 10.6 Å². The third kappa shape index (κ3) is 2.72. The molecule has 1 aromatic heterocycles. The average molecular weight is 306 g/mol. The number of nitrogens with one attached hydrogen (secondary N) is 1. The first-order valence-corrected chi connectivity index (χ1v) is 8.58. The van der Waals surface area contributed by atoms with E-state index in [1.807, 2.05) is 35.2 Å². The molecule has 2 heterocycles. The van der Waals surface area contributed by atoms with Crippen LogP contribution in [0.2, 0.25) is 0 Å². The van der Waals surface area contributed by atoms with E-state index in [9.17, 15) is 0 Å². The molecule has 1 aliphatic heterocycles. The normalized spacial score (nSPS) is 15.7. The number of aryl methyl sites for hydroxylation is 1. The molecule has 0 radical (unpaired) electrons. The number of nitrogens with two attached hydrogens (primary N) is 1. The van der Waals surface area contributed by atoms with Crippen molar-refractivity contribution in [1.29, 1.82) is 0 Å². The zero-order chi connectivity index (χ0) is 13.9. The van der Waals surface area contributed by atoms with Gasteiger partial charge in [0.15, 0.2) is 0 Å². The van der Waals surface area contributed by atoms with Gasteiger partial charge in [-0.3, -0.25) is 5.84 Å². The molecule has 1 atom stereocenters. The highest BCUT2D eigenvalue weighted by atomic mass is 32.2. The number of hydrazine groups is 1. The number of thioether (sulfide) groups is 1. The minimum atomic E-state index is 0.0570. The van der Waals surface area contributed by atoms with Crippen molar-refractivity contribution < 1.29 is 4.74 Å². The van der Waals surface area contributed by atoms with Gasteiger partial charge >= 0.3 is 0 Å². The molecule has 0 bridgehead atoms. The summed E-state index contributed by atoms with van der Waals surface area (Å²) in [5.41, 5.74) is 5.59. The molecule has 5 heteroatoms. The summed E-state index contributed by atoms with van der Waals surface area (Å²) < 4.78 is 5.20. The monoisotopic (exact) mass is 306 g/mol. The molecule has 106 valence electrons. The SMILES string of the molecule is COc1ccc(C(NN)c2cc3c(s2)CCSC3)cc1. The van der Waals surface area contributed by atoms with Crippen LogP contribution in [-0.2, 0) is 12.2 Å².